The SMILES string of the molecule is CCC[C@](C)(c1ccc(F)cc1)C1C[C@@H]1CCC(=O)NCCCCc1cccnc1. The van der Waals surface area contributed by atoms with Crippen molar-refractivity contribution in [2.45, 2.75) is 70.6 Å². The van der Waals surface area contributed by atoms with E-state index in [2.05, 4.69) is 30.2 Å². The van der Waals surface area contributed by atoms with Crippen LogP contribution in [0.15, 0.2) is 48.8 Å². The van der Waals surface area contributed by atoms with Gasteiger partial charge in [-0.25, -0.2) is 4.39 Å². The van der Waals surface area contributed by atoms with E-state index >= 15 is 0 Å². The molecule has 1 aliphatic carbocycles. The minimum absolute atomic E-state index is 0.0793. The van der Waals surface area contributed by atoms with Crippen LogP contribution in [-0.2, 0) is 16.6 Å². The van der Waals surface area contributed by atoms with E-state index in [1.54, 1.807) is 18.3 Å². The molecule has 0 spiro atoms. The Kier molecular flexibility index (Phi) is 8.01. The third-order valence-corrected chi connectivity index (χ3v) is 6.69. The summed E-state index contributed by atoms with van der Waals surface area (Å²) in [5.74, 6) is 1.18. The van der Waals surface area contributed by atoms with Gasteiger partial charge in [0.15, 0.2) is 0 Å². The van der Waals surface area contributed by atoms with Gasteiger partial charge in [0, 0.05) is 25.4 Å². The summed E-state index contributed by atoms with van der Waals surface area (Å²) in [6.45, 7) is 5.27. The predicted octanol–water partition coefficient (Wildman–Crippen LogP) is 5.83. The molecule has 1 amide bonds. The van der Waals surface area contributed by atoms with Crippen LogP contribution in [0.1, 0.15) is 69.9 Å². The third-order valence-electron chi connectivity index (χ3n) is 6.69. The van der Waals surface area contributed by atoms with Gasteiger partial charge in [-0.1, -0.05) is 38.5 Å². The van der Waals surface area contributed by atoms with Crippen molar-refractivity contribution in [1.82, 2.24) is 10.3 Å². The molecular formula is C26H35FN2O. The van der Waals surface area contributed by atoms with Crippen molar-refractivity contribution in [1.29, 1.82) is 0 Å². The Bertz CT molecular complexity index is 792. The standard InChI is InChI=1S/C26H35FN2O/c1-3-15-26(2,22-10-12-23(27)13-11-22)24-18-21(24)9-14-25(30)29-17-5-4-7-20-8-6-16-28-19-20/h6,8,10-13,16,19,21,24H,3-5,7,9,14-15,17-18H2,1-2H3,(H,29,30)/t21-,24?,26+/m0/s1. The zero-order valence-corrected chi connectivity index (χ0v) is 18.4. The molecule has 4 heteroatoms. The summed E-state index contributed by atoms with van der Waals surface area (Å²) in [5.41, 5.74) is 2.56. The molecule has 3 nitrogen and oxygen atoms in total. The molecule has 1 aromatic heterocycles. The minimum Gasteiger partial charge on any atom is -0.356 e. The lowest BCUT2D eigenvalue weighted by Crippen LogP contribution is -2.26. The molecule has 2 aromatic rings. The molecule has 1 aromatic carbocycles. The number of rotatable bonds is 12. The maximum absolute atomic E-state index is 13.4. The second-order valence-corrected chi connectivity index (χ2v) is 8.98. The van der Waals surface area contributed by atoms with Gasteiger partial charge in [0.2, 0.25) is 5.91 Å². The van der Waals surface area contributed by atoms with Crippen molar-refractivity contribution in [3.8, 4) is 0 Å². The van der Waals surface area contributed by atoms with Gasteiger partial charge in [0.25, 0.3) is 0 Å². The molecule has 0 bridgehead atoms. The van der Waals surface area contributed by atoms with Gasteiger partial charge in [-0.2, -0.15) is 0 Å². The zero-order valence-electron chi connectivity index (χ0n) is 18.4. The molecule has 0 saturated heterocycles. The first-order valence-corrected chi connectivity index (χ1v) is 11.4. The van der Waals surface area contributed by atoms with Crippen molar-refractivity contribution in [3.63, 3.8) is 0 Å². The first-order chi connectivity index (χ1) is 14.5. The smallest absolute Gasteiger partial charge is 0.220 e. The van der Waals surface area contributed by atoms with E-state index in [4.69, 9.17) is 0 Å². The quantitative estimate of drug-likeness (QED) is 0.447. The number of aryl methyl sites for hydroxylation is 1. The molecule has 0 radical (unpaired) electrons. The fourth-order valence-corrected chi connectivity index (χ4v) is 4.87. The van der Waals surface area contributed by atoms with Crippen molar-refractivity contribution in [2.24, 2.45) is 11.8 Å². The van der Waals surface area contributed by atoms with E-state index in [0.29, 0.717) is 18.3 Å². The van der Waals surface area contributed by atoms with E-state index in [1.165, 1.54) is 17.5 Å². The Hall–Kier alpha value is -2.23. The van der Waals surface area contributed by atoms with Gasteiger partial charge >= 0.3 is 0 Å². The van der Waals surface area contributed by atoms with E-state index in [0.717, 1.165) is 45.1 Å². The summed E-state index contributed by atoms with van der Waals surface area (Å²) in [4.78, 5) is 16.4. The van der Waals surface area contributed by atoms with Crippen molar-refractivity contribution >= 4 is 5.91 Å². The summed E-state index contributed by atoms with van der Waals surface area (Å²) in [6.07, 6.45) is 11.7. The number of halogens is 1. The van der Waals surface area contributed by atoms with Gasteiger partial charge in [-0.3, -0.25) is 9.78 Å². The van der Waals surface area contributed by atoms with Crippen LogP contribution in [-0.4, -0.2) is 17.4 Å². The van der Waals surface area contributed by atoms with Gasteiger partial charge in [0.1, 0.15) is 5.82 Å². The fraction of sp³-hybridized carbons (Fsp3) is 0.538. The first kappa shape index (κ1) is 22.5. The van der Waals surface area contributed by atoms with Crippen LogP contribution in [0.4, 0.5) is 4.39 Å². The number of aromatic nitrogens is 1. The highest BCUT2D eigenvalue weighted by atomic mass is 19.1. The van der Waals surface area contributed by atoms with Gasteiger partial charge < -0.3 is 5.32 Å². The fourth-order valence-electron chi connectivity index (χ4n) is 4.87. The van der Waals surface area contributed by atoms with Crippen LogP contribution in [0.25, 0.3) is 0 Å². The number of carbonyl (C=O) groups excluding carboxylic acids is 1. The minimum atomic E-state index is -0.179. The number of amides is 1. The van der Waals surface area contributed by atoms with Crippen LogP contribution >= 0.6 is 0 Å². The average molecular weight is 411 g/mol. The molecule has 1 aliphatic rings. The zero-order chi connectivity index (χ0) is 21.4. The van der Waals surface area contributed by atoms with E-state index in [9.17, 15) is 9.18 Å². The second-order valence-electron chi connectivity index (χ2n) is 8.98. The monoisotopic (exact) mass is 410 g/mol. The van der Waals surface area contributed by atoms with Gasteiger partial charge in [-0.15, -0.1) is 0 Å². The summed E-state index contributed by atoms with van der Waals surface area (Å²) >= 11 is 0. The molecule has 3 atom stereocenters. The van der Waals surface area contributed by atoms with Crippen molar-refractivity contribution < 1.29 is 9.18 Å². The summed E-state index contributed by atoms with van der Waals surface area (Å²) in [5, 5.41) is 3.07. The van der Waals surface area contributed by atoms with Gasteiger partial charge in [-0.05, 0) is 85.1 Å². The maximum Gasteiger partial charge on any atom is 0.220 e. The molecule has 1 N–H and O–H groups in total. The van der Waals surface area contributed by atoms with Crippen LogP contribution < -0.4 is 5.32 Å². The first-order valence-electron chi connectivity index (χ1n) is 11.4. The molecule has 1 unspecified atom stereocenters. The highest BCUT2D eigenvalue weighted by Crippen LogP contribution is 2.56. The Morgan fingerprint density at radius 3 is 2.73 bits per heavy atom. The van der Waals surface area contributed by atoms with Crippen LogP contribution in [0.3, 0.4) is 0 Å². The number of benzene rings is 1. The average Bonchev–Trinajstić information content (AvgIpc) is 3.54. The van der Waals surface area contributed by atoms with E-state index < -0.39 is 0 Å². The molecule has 1 fully saturated rings. The molecule has 1 saturated carbocycles. The lowest BCUT2D eigenvalue weighted by atomic mass is 9.73. The van der Waals surface area contributed by atoms with E-state index in [-0.39, 0.29) is 17.1 Å². The maximum atomic E-state index is 13.4. The van der Waals surface area contributed by atoms with Crippen molar-refractivity contribution in [2.75, 3.05) is 6.54 Å². The highest BCUT2D eigenvalue weighted by molar-refractivity contribution is 5.75. The Morgan fingerprint density at radius 1 is 1.23 bits per heavy atom. The lowest BCUT2D eigenvalue weighted by Gasteiger charge is -2.31. The molecule has 30 heavy (non-hydrogen) atoms. The molecule has 3 rings (SSSR count). The Morgan fingerprint density at radius 2 is 2.03 bits per heavy atom. The second kappa shape index (κ2) is 10.7. The number of pyridine rings is 1. The third kappa shape index (κ3) is 6.13. The van der Waals surface area contributed by atoms with Crippen LogP contribution in [0.2, 0.25) is 0 Å². The number of unbranched alkanes of at least 4 members (excludes halogenated alkanes) is 1. The predicted molar refractivity (Wildman–Crippen MR) is 120 cm³/mol. The Balaban J connectivity index is 1.37. The topological polar surface area (TPSA) is 42.0 Å². The summed E-state index contributed by atoms with van der Waals surface area (Å²) in [7, 11) is 0. The number of hydrogen-bond donors (Lipinski definition) is 1. The normalized spacial score (nSPS) is 19.8. The van der Waals surface area contributed by atoms with Crippen molar-refractivity contribution in [3.05, 3.63) is 65.7 Å². The molecule has 1 heterocycles. The van der Waals surface area contributed by atoms with Crippen LogP contribution in [0, 0.1) is 17.7 Å². The number of hydrogen-bond acceptors (Lipinski definition) is 2. The van der Waals surface area contributed by atoms with E-state index in [1.807, 2.05) is 24.4 Å². The highest BCUT2D eigenvalue weighted by Gasteiger charge is 2.49. The number of nitrogens with one attached hydrogen (secondary N) is 1. The summed E-state index contributed by atoms with van der Waals surface area (Å²) in [6, 6.07) is 11.1. The summed E-state index contributed by atoms with van der Waals surface area (Å²) < 4.78 is 13.4. The molecular weight excluding hydrogens is 375 g/mol. The number of carbonyl (C=O) groups is 1. The molecule has 162 valence electrons. The van der Waals surface area contributed by atoms with Gasteiger partial charge in [0.05, 0.1) is 0 Å². The Labute approximate surface area is 180 Å². The molecule has 0 aliphatic heterocycles. The lowest BCUT2D eigenvalue weighted by molar-refractivity contribution is -0.121. The number of nitrogens with zero attached hydrogens (tertiary/aromatic N) is 1. The largest absolute Gasteiger partial charge is 0.356 e. The van der Waals surface area contributed by atoms with Crippen LogP contribution in [0.5, 0.6) is 0 Å².